The number of carbonyl (C=O) groups is 2. The van der Waals surface area contributed by atoms with E-state index in [9.17, 15) is 9.59 Å². The van der Waals surface area contributed by atoms with E-state index in [-0.39, 0.29) is 23.3 Å². The Kier molecular flexibility index (Phi) is 1.74. The van der Waals surface area contributed by atoms with Crippen molar-refractivity contribution in [1.29, 1.82) is 0 Å². The van der Waals surface area contributed by atoms with Gasteiger partial charge in [0.05, 0.1) is 20.2 Å². The molecule has 0 spiro atoms. The Morgan fingerprint density at radius 1 is 1.35 bits per heavy atom. The third kappa shape index (κ3) is 2.16. The summed E-state index contributed by atoms with van der Waals surface area (Å²) < 4.78 is 52.8. The van der Waals surface area contributed by atoms with Crippen LogP contribution in [0.2, 0.25) is 0 Å². The number of carboxylic acid groups (broad SMARTS) is 1. The standard InChI is InChI=1S/C16H12O4/c17-15(18)8-10-5-6-14-13(7-10)16(19)12-4-2-1-3-11(12)9-20-14/h1-7H,8-9H2,(H,17,18)/i1D,2D,3D,4D,9D2. The van der Waals surface area contributed by atoms with Crippen LogP contribution in [0.15, 0.2) is 42.4 Å². The van der Waals surface area contributed by atoms with E-state index in [4.69, 9.17) is 18.1 Å². The first kappa shape index (κ1) is 7.24. The van der Waals surface area contributed by atoms with Crippen LogP contribution in [0, 0.1) is 0 Å². The molecule has 1 aliphatic rings. The number of hydrogen-bond donors (Lipinski definition) is 1. The normalized spacial score (nSPS) is 19.7. The van der Waals surface area contributed by atoms with Crippen LogP contribution in [0.25, 0.3) is 0 Å². The summed E-state index contributed by atoms with van der Waals surface area (Å²) in [7, 11) is 0. The molecule has 1 heterocycles. The fourth-order valence-electron chi connectivity index (χ4n) is 1.93. The molecule has 0 bridgehead atoms. The summed E-state index contributed by atoms with van der Waals surface area (Å²) in [5.74, 6) is -2.14. The molecule has 100 valence electrons. The van der Waals surface area contributed by atoms with Crippen LogP contribution in [0.3, 0.4) is 0 Å². The molecule has 0 aromatic heterocycles. The zero-order valence-electron chi connectivity index (χ0n) is 16.1. The summed E-state index contributed by atoms with van der Waals surface area (Å²) >= 11 is 0. The molecule has 0 radical (unpaired) electrons. The van der Waals surface area contributed by atoms with E-state index in [1.54, 1.807) is 0 Å². The number of carbonyl (C=O) groups excluding carboxylic acids is 1. The minimum Gasteiger partial charge on any atom is -0.488 e. The number of fused-ring (bicyclic) bond motifs is 2. The second-order valence-electron chi connectivity index (χ2n) is 4.18. The molecule has 0 saturated heterocycles. The van der Waals surface area contributed by atoms with Crippen LogP contribution in [0.1, 0.15) is 35.3 Å². The maximum absolute atomic E-state index is 12.9. The fourth-order valence-corrected chi connectivity index (χ4v) is 1.93. The Balaban J connectivity index is 2.34. The molecule has 4 nitrogen and oxygen atoms in total. The third-order valence-electron chi connectivity index (χ3n) is 2.82. The molecule has 4 heteroatoms. The number of rotatable bonds is 2. The summed E-state index contributed by atoms with van der Waals surface area (Å²) in [6.45, 7) is -2.68. The van der Waals surface area contributed by atoms with Crippen LogP contribution in [-0.2, 0) is 17.8 Å². The number of hydrogen-bond acceptors (Lipinski definition) is 3. The van der Waals surface area contributed by atoms with Crippen molar-refractivity contribution in [3.63, 3.8) is 0 Å². The minimum absolute atomic E-state index is 0.156. The van der Waals surface area contributed by atoms with Gasteiger partial charge in [-0.25, -0.2) is 0 Å². The van der Waals surface area contributed by atoms with Crippen LogP contribution < -0.4 is 4.74 Å². The van der Waals surface area contributed by atoms with Gasteiger partial charge in [-0.3, -0.25) is 9.59 Å². The van der Waals surface area contributed by atoms with Crippen molar-refractivity contribution in [2.24, 2.45) is 0 Å². The molecule has 20 heavy (non-hydrogen) atoms. The van der Waals surface area contributed by atoms with Crippen molar-refractivity contribution in [1.82, 2.24) is 0 Å². The van der Waals surface area contributed by atoms with Gasteiger partial charge in [-0.2, -0.15) is 0 Å². The van der Waals surface area contributed by atoms with Crippen molar-refractivity contribution in [3.8, 4) is 5.75 Å². The van der Waals surface area contributed by atoms with Gasteiger partial charge in [-0.05, 0) is 17.7 Å². The monoisotopic (exact) mass is 274 g/mol. The van der Waals surface area contributed by atoms with E-state index in [2.05, 4.69) is 0 Å². The predicted octanol–water partition coefficient (Wildman–Crippen LogP) is 2.44. The van der Waals surface area contributed by atoms with Gasteiger partial charge in [-0.1, -0.05) is 30.2 Å². The molecular formula is C16H12O4. The van der Waals surface area contributed by atoms with Crippen molar-refractivity contribution < 1.29 is 27.7 Å². The van der Waals surface area contributed by atoms with Crippen molar-refractivity contribution in [2.45, 2.75) is 13.0 Å². The van der Waals surface area contributed by atoms with Gasteiger partial charge in [0.25, 0.3) is 0 Å². The molecule has 0 fully saturated rings. The molecule has 2 aromatic carbocycles. The third-order valence-corrected chi connectivity index (χ3v) is 2.82. The first-order chi connectivity index (χ1) is 12.0. The number of carboxylic acids is 1. The maximum Gasteiger partial charge on any atom is 0.307 e. The van der Waals surface area contributed by atoms with Gasteiger partial charge in [0, 0.05) is 11.1 Å². The molecule has 3 rings (SSSR count). The first-order valence-corrected chi connectivity index (χ1v) is 5.74. The Morgan fingerprint density at radius 3 is 2.95 bits per heavy atom. The number of ketones is 1. The number of benzene rings is 2. The van der Waals surface area contributed by atoms with Gasteiger partial charge in [-0.15, -0.1) is 0 Å². The lowest BCUT2D eigenvalue weighted by molar-refractivity contribution is -0.136. The lowest BCUT2D eigenvalue weighted by atomic mass is 9.97. The van der Waals surface area contributed by atoms with Gasteiger partial charge in [0.2, 0.25) is 0 Å². The Morgan fingerprint density at radius 2 is 2.15 bits per heavy atom. The van der Waals surface area contributed by atoms with E-state index >= 15 is 0 Å². The fraction of sp³-hybridized carbons (Fsp3) is 0.125. The quantitative estimate of drug-likeness (QED) is 0.913. The van der Waals surface area contributed by atoms with Crippen molar-refractivity contribution >= 4 is 11.8 Å². The van der Waals surface area contributed by atoms with Crippen LogP contribution in [0.4, 0.5) is 0 Å². The lowest BCUT2D eigenvalue weighted by Crippen LogP contribution is -2.05. The Labute approximate surface area is 124 Å². The van der Waals surface area contributed by atoms with Gasteiger partial charge in [0.15, 0.2) is 5.78 Å². The second kappa shape index (κ2) is 4.81. The Bertz CT molecular complexity index is 970. The van der Waals surface area contributed by atoms with Gasteiger partial charge in [0.1, 0.15) is 12.3 Å². The molecule has 1 N–H and O–H groups in total. The molecule has 2 aromatic rings. The zero-order valence-corrected chi connectivity index (χ0v) is 10.1. The van der Waals surface area contributed by atoms with E-state index in [1.807, 2.05) is 0 Å². The summed E-state index contributed by atoms with van der Waals surface area (Å²) in [4.78, 5) is 23.8. The highest BCUT2D eigenvalue weighted by Crippen LogP contribution is 2.29. The molecule has 0 atom stereocenters. The largest absolute Gasteiger partial charge is 0.488 e. The highest BCUT2D eigenvalue weighted by Gasteiger charge is 2.22. The van der Waals surface area contributed by atoms with E-state index < -0.39 is 53.6 Å². The van der Waals surface area contributed by atoms with Crippen LogP contribution in [-0.4, -0.2) is 16.9 Å². The predicted molar refractivity (Wildman–Crippen MR) is 72.0 cm³/mol. The minimum atomic E-state index is -2.68. The van der Waals surface area contributed by atoms with Crippen LogP contribution in [0.5, 0.6) is 5.75 Å². The highest BCUT2D eigenvalue weighted by molar-refractivity contribution is 6.12. The number of aliphatic carboxylic acids is 1. The second-order valence-corrected chi connectivity index (χ2v) is 4.18. The molecule has 0 unspecified atom stereocenters. The molecule has 0 saturated carbocycles. The van der Waals surface area contributed by atoms with Crippen molar-refractivity contribution in [2.75, 3.05) is 0 Å². The SMILES string of the molecule is [2H]c1c([2H])c([2H])c2c(c1[2H])C(=O)c1cc(CC(=O)O)ccc1OC2([2H])[2H]. The van der Waals surface area contributed by atoms with E-state index in [0.29, 0.717) is 0 Å². The molecular weight excluding hydrogens is 256 g/mol. The first-order valence-electron chi connectivity index (χ1n) is 8.74. The number of ether oxygens (including phenoxy) is 1. The average Bonchev–Trinajstić information content (AvgIpc) is 2.63. The maximum atomic E-state index is 12.9. The molecule has 1 aliphatic heterocycles. The summed E-state index contributed by atoms with van der Waals surface area (Å²) in [5.41, 5.74) is -0.980. The molecule has 0 aliphatic carbocycles. The van der Waals surface area contributed by atoms with Gasteiger partial charge < -0.3 is 9.84 Å². The molecule has 0 amide bonds. The highest BCUT2D eigenvalue weighted by atomic mass is 16.5. The van der Waals surface area contributed by atoms with E-state index in [0.717, 1.165) is 0 Å². The smallest absolute Gasteiger partial charge is 0.307 e. The van der Waals surface area contributed by atoms with Crippen molar-refractivity contribution in [3.05, 3.63) is 64.6 Å². The van der Waals surface area contributed by atoms with Crippen LogP contribution >= 0.6 is 0 Å². The summed E-state index contributed by atoms with van der Waals surface area (Å²) in [5, 5.41) is 8.90. The lowest BCUT2D eigenvalue weighted by Gasteiger charge is -2.07. The van der Waals surface area contributed by atoms with Gasteiger partial charge >= 0.3 is 5.97 Å². The summed E-state index contributed by atoms with van der Waals surface area (Å²) in [6, 6.07) is 1.16. The van der Waals surface area contributed by atoms with E-state index in [1.165, 1.54) is 18.2 Å². The topological polar surface area (TPSA) is 63.6 Å². The zero-order chi connectivity index (χ0) is 19.4. The average molecular weight is 274 g/mol. The Hall–Kier alpha value is -2.62. The summed E-state index contributed by atoms with van der Waals surface area (Å²) in [6.07, 6.45) is -0.368.